The van der Waals surface area contributed by atoms with Crippen molar-refractivity contribution in [2.45, 2.75) is 13.3 Å². The van der Waals surface area contributed by atoms with E-state index in [9.17, 15) is 13.6 Å². The van der Waals surface area contributed by atoms with Crippen LogP contribution >= 0.6 is 0 Å². The van der Waals surface area contributed by atoms with Crippen LogP contribution in [0.2, 0.25) is 0 Å². The first-order valence-corrected chi connectivity index (χ1v) is 11.6. The lowest BCUT2D eigenvalue weighted by molar-refractivity contribution is -0.114. The summed E-state index contributed by atoms with van der Waals surface area (Å²) in [5.41, 5.74) is 2.68. The average molecular weight is 512 g/mol. The minimum Gasteiger partial charge on any atom is -0.488 e. The molecule has 37 heavy (non-hydrogen) atoms. The van der Waals surface area contributed by atoms with Crippen LogP contribution in [0.15, 0.2) is 60.3 Å². The second kappa shape index (κ2) is 13.4. The Bertz CT molecular complexity index is 1250. The van der Waals surface area contributed by atoms with E-state index in [2.05, 4.69) is 20.6 Å². The van der Waals surface area contributed by atoms with Crippen LogP contribution in [0.4, 0.5) is 31.9 Å². The third kappa shape index (κ3) is 8.93. The minimum atomic E-state index is -0.664. The number of halogens is 2. The van der Waals surface area contributed by atoms with Gasteiger partial charge in [0.1, 0.15) is 6.61 Å². The predicted molar refractivity (Wildman–Crippen MR) is 140 cm³/mol. The molecule has 1 aromatic heterocycles. The number of hydrogen-bond acceptors (Lipinski definition) is 8. The number of ketones is 1. The van der Waals surface area contributed by atoms with Gasteiger partial charge in [-0.1, -0.05) is 17.7 Å². The third-order valence-electron chi connectivity index (χ3n) is 5.02. The van der Waals surface area contributed by atoms with E-state index in [1.807, 2.05) is 32.0 Å². The lowest BCUT2D eigenvalue weighted by Crippen LogP contribution is -2.14. The molecule has 0 aliphatic heterocycles. The highest BCUT2D eigenvalue weighted by Gasteiger charge is 2.11. The molecule has 0 atom stereocenters. The smallest absolute Gasteiger partial charge is 0.229 e. The molecule has 0 saturated carbocycles. The number of allylic oxidation sites excluding steroid dienone is 1. The Kier molecular flexibility index (Phi) is 10.0. The zero-order chi connectivity index (χ0) is 26.8. The molecule has 0 saturated heterocycles. The highest BCUT2D eigenvalue weighted by atomic mass is 19.1. The zero-order valence-electron chi connectivity index (χ0n) is 21.3. The van der Waals surface area contributed by atoms with E-state index in [1.165, 1.54) is 19.2 Å². The number of aromatic nitrogens is 2. The summed E-state index contributed by atoms with van der Waals surface area (Å²) in [6.07, 6.45) is 2.88. The van der Waals surface area contributed by atoms with Crippen LogP contribution in [0, 0.1) is 11.6 Å². The van der Waals surface area contributed by atoms with Gasteiger partial charge in [0, 0.05) is 37.5 Å². The molecule has 0 spiro atoms. The van der Waals surface area contributed by atoms with Crippen LogP contribution in [0.5, 0.6) is 5.75 Å². The number of rotatable bonds is 13. The van der Waals surface area contributed by atoms with E-state index < -0.39 is 11.6 Å². The van der Waals surface area contributed by atoms with Crippen molar-refractivity contribution < 1.29 is 23.0 Å². The number of nitrogens with zero attached hydrogens (tertiary/aromatic N) is 3. The van der Waals surface area contributed by atoms with Crippen molar-refractivity contribution in [2.75, 3.05) is 51.6 Å². The molecule has 2 aromatic carbocycles. The first kappa shape index (κ1) is 27.7. The molecule has 2 N–H and O–H groups in total. The van der Waals surface area contributed by atoms with Crippen LogP contribution in [0.3, 0.4) is 0 Å². The number of methoxy groups -OCH3 is 1. The van der Waals surface area contributed by atoms with Gasteiger partial charge in [-0.2, -0.15) is 4.98 Å². The molecule has 0 aliphatic rings. The van der Waals surface area contributed by atoms with Crippen molar-refractivity contribution in [3.05, 3.63) is 77.5 Å². The second-order valence-electron chi connectivity index (χ2n) is 8.70. The van der Waals surface area contributed by atoms with Gasteiger partial charge in [0.05, 0.1) is 12.8 Å². The summed E-state index contributed by atoms with van der Waals surface area (Å²) in [7, 11) is 5.42. The normalized spacial score (nSPS) is 11.5. The molecule has 0 amide bonds. The molecular weight excluding hydrogens is 480 g/mol. The second-order valence-corrected chi connectivity index (χ2v) is 8.70. The Morgan fingerprint density at radius 2 is 1.84 bits per heavy atom. The van der Waals surface area contributed by atoms with E-state index in [1.54, 1.807) is 30.3 Å². The van der Waals surface area contributed by atoms with Crippen LogP contribution < -0.4 is 15.4 Å². The van der Waals surface area contributed by atoms with Gasteiger partial charge < -0.3 is 25.0 Å². The Labute approximate surface area is 215 Å². The fourth-order valence-corrected chi connectivity index (χ4v) is 3.54. The summed E-state index contributed by atoms with van der Waals surface area (Å²) < 4.78 is 39.0. The summed E-state index contributed by atoms with van der Waals surface area (Å²) in [5, 5.41) is 5.78. The van der Waals surface area contributed by atoms with E-state index in [0.717, 1.165) is 17.3 Å². The predicted octanol–water partition coefficient (Wildman–Crippen LogP) is 4.89. The summed E-state index contributed by atoms with van der Waals surface area (Å²) >= 11 is 0. The molecule has 0 fully saturated rings. The summed E-state index contributed by atoms with van der Waals surface area (Å²) in [4.78, 5) is 22.5. The van der Waals surface area contributed by atoms with Crippen LogP contribution in [-0.4, -0.2) is 61.6 Å². The molecule has 1 heterocycles. The van der Waals surface area contributed by atoms with E-state index in [0.29, 0.717) is 24.5 Å². The van der Waals surface area contributed by atoms with Gasteiger partial charge in [-0.25, -0.2) is 13.8 Å². The van der Waals surface area contributed by atoms with Crippen molar-refractivity contribution in [2.24, 2.45) is 0 Å². The molecule has 3 aromatic rings. The largest absolute Gasteiger partial charge is 0.488 e. The summed E-state index contributed by atoms with van der Waals surface area (Å²) in [5.74, 6) is -1.15. The lowest BCUT2D eigenvalue weighted by atomic mass is 10.1. The lowest BCUT2D eigenvalue weighted by Gasteiger charge is -2.12. The maximum absolute atomic E-state index is 14.4. The summed E-state index contributed by atoms with van der Waals surface area (Å²) in [6, 6.07) is 11.4. The minimum absolute atomic E-state index is 0.0152. The third-order valence-corrected chi connectivity index (χ3v) is 5.02. The fraction of sp³-hybridized carbons (Fsp3) is 0.296. The van der Waals surface area contributed by atoms with Gasteiger partial charge >= 0.3 is 0 Å². The number of hydrogen-bond donors (Lipinski definition) is 2. The molecule has 3 rings (SSSR count). The van der Waals surface area contributed by atoms with Crippen LogP contribution in [0.1, 0.15) is 12.5 Å². The number of anilines is 4. The SMILES string of the molecule is COCCOc1ccc(Nc2ncc(F)c(Nc3cccc(CC(=O)/C=C(\C)CN(C)C)c3)n2)cc1F. The number of ether oxygens (including phenoxy) is 2. The van der Waals surface area contributed by atoms with Crippen LogP contribution in [0.25, 0.3) is 0 Å². The maximum atomic E-state index is 14.4. The molecule has 8 nitrogen and oxygen atoms in total. The van der Waals surface area contributed by atoms with Crippen molar-refractivity contribution in [1.82, 2.24) is 14.9 Å². The van der Waals surface area contributed by atoms with E-state index >= 15 is 0 Å². The number of nitrogens with one attached hydrogen (secondary N) is 2. The number of carbonyl (C=O) groups excluding carboxylic acids is 1. The van der Waals surface area contributed by atoms with Gasteiger partial charge in [0.25, 0.3) is 0 Å². The summed E-state index contributed by atoms with van der Waals surface area (Å²) in [6.45, 7) is 3.18. The molecule has 0 radical (unpaired) electrons. The monoisotopic (exact) mass is 511 g/mol. The Morgan fingerprint density at radius 3 is 2.57 bits per heavy atom. The first-order chi connectivity index (χ1) is 17.7. The standard InChI is InChI=1S/C27H31F2N5O3/c1-18(17-34(2)3)12-22(35)14-19-6-5-7-20(13-19)31-26-24(29)16-30-27(33-26)32-21-8-9-25(23(28)15-21)37-11-10-36-4/h5-9,12-13,15-16H,10-11,14,17H2,1-4H3,(H2,30,31,32,33)/b18-12+. The molecule has 196 valence electrons. The number of likely N-dealkylation sites (N-methyl/N-ethyl adjacent to an activating group) is 1. The van der Waals surface area contributed by atoms with Gasteiger partial charge in [-0.15, -0.1) is 0 Å². The highest BCUT2D eigenvalue weighted by molar-refractivity contribution is 5.92. The Hall–Kier alpha value is -3.89. The molecule has 0 unspecified atom stereocenters. The van der Waals surface area contributed by atoms with Crippen molar-refractivity contribution in [3.63, 3.8) is 0 Å². The molecule has 10 heteroatoms. The van der Waals surface area contributed by atoms with E-state index in [4.69, 9.17) is 9.47 Å². The molecule has 0 aliphatic carbocycles. The molecule has 0 bridgehead atoms. The van der Waals surface area contributed by atoms with Gasteiger partial charge in [0.2, 0.25) is 5.95 Å². The van der Waals surface area contributed by atoms with Crippen molar-refractivity contribution >= 4 is 28.9 Å². The van der Waals surface area contributed by atoms with E-state index in [-0.39, 0.29) is 36.3 Å². The quantitative estimate of drug-likeness (QED) is 0.248. The van der Waals surface area contributed by atoms with Crippen molar-refractivity contribution in [1.29, 1.82) is 0 Å². The molecular formula is C27H31F2N5O3. The highest BCUT2D eigenvalue weighted by Crippen LogP contribution is 2.25. The Morgan fingerprint density at radius 1 is 1.05 bits per heavy atom. The number of carbonyl (C=O) groups is 1. The van der Waals surface area contributed by atoms with Gasteiger partial charge in [-0.05, 0) is 56.9 Å². The van der Waals surface area contributed by atoms with Crippen molar-refractivity contribution in [3.8, 4) is 5.75 Å². The average Bonchev–Trinajstić information content (AvgIpc) is 2.82. The maximum Gasteiger partial charge on any atom is 0.229 e. The van der Waals surface area contributed by atoms with Crippen LogP contribution in [-0.2, 0) is 16.0 Å². The topological polar surface area (TPSA) is 88.6 Å². The number of benzene rings is 2. The van der Waals surface area contributed by atoms with Gasteiger partial charge in [0.15, 0.2) is 29.0 Å². The first-order valence-electron chi connectivity index (χ1n) is 11.6. The van der Waals surface area contributed by atoms with Gasteiger partial charge in [-0.3, -0.25) is 4.79 Å². The zero-order valence-corrected chi connectivity index (χ0v) is 21.3. The fourth-order valence-electron chi connectivity index (χ4n) is 3.54. The Balaban J connectivity index is 1.68.